The summed E-state index contributed by atoms with van der Waals surface area (Å²) in [5.41, 5.74) is 2.49. The second-order valence-electron chi connectivity index (χ2n) is 5.54. The summed E-state index contributed by atoms with van der Waals surface area (Å²) in [4.78, 5) is 17.3. The van der Waals surface area contributed by atoms with E-state index in [4.69, 9.17) is 16.3 Å². The molecule has 0 bridgehead atoms. The largest absolute Gasteiger partial charge is 0.490 e. The molecule has 2 aromatic rings. The molecule has 1 aliphatic heterocycles. The average Bonchev–Trinajstić information content (AvgIpc) is 2.96. The Hall–Kier alpha value is -2.50. The predicted octanol–water partition coefficient (Wildman–Crippen LogP) is 5.10. The molecule has 0 unspecified atom stereocenters. The second-order valence-corrected chi connectivity index (χ2v) is 6.98. The van der Waals surface area contributed by atoms with E-state index < -0.39 is 0 Å². The van der Waals surface area contributed by atoms with Crippen LogP contribution in [0, 0.1) is 6.92 Å². The van der Waals surface area contributed by atoms with Crippen LogP contribution in [0.5, 0.6) is 5.75 Å². The highest BCUT2D eigenvalue weighted by molar-refractivity contribution is 8.18. The molecule has 1 amide bonds. The van der Waals surface area contributed by atoms with Gasteiger partial charge in [0.25, 0.3) is 5.91 Å². The van der Waals surface area contributed by atoms with Gasteiger partial charge in [0.2, 0.25) is 0 Å². The van der Waals surface area contributed by atoms with Crippen LogP contribution in [0.2, 0.25) is 5.02 Å². The molecule has 1 fully saturated rings. The molecule has 0 saturated carbocycles. The van der Waals surface area contributed by atoms with Gasteiger partial charge in [0.15, 0.2) is 5.17 Å². The van der Waals surface area contributed by atoms with Gasteiger partial charge >= 0.3 is 0 Å². The lowest BCUT2D eigenvalue weighted by atomic mass is 10.2. The Bertz CT molecular complexity index is 922. The first-order valence-electron chi connectivity index (χ1n) is 7.95. The number of amides is 1. The molecule has 1 heterocycles. The highest BCUT2D eigenvalue weighted by Gasteiger charge is 2.24. The van der Waals surface area contributed by atoms with Crippen molar-refractivity contribution in [1.29, 1.82) is 0 Å². The van der Waals surface area contributed by atoms with E-state index in [0.29, 0.717) is 21.7 Å². The van der Waals surface area contributed by atoms with Gasteiger partial charge in [-0.25, -0.2) is 4.99 Å². The number of benzene rings is 2. The monoisotopic (exact) mass is 384 g/mol. The topological polar surface area (TPSA) is 50.7 Å². The maximum absolute atomic E-state index is 12.2. The Kier molecular flexibility index (Phi) is 5.81. The summed E-state index contributed by atoms with van der Waals surface area (Å²) in [6.07, 6.45) is 3.50. The number of amidine groups is 1. The Balaban J connectivity index is 1.81. The van der Waals surface area contributed by atoms with Crippen LogP contribution in [0.4, 0.5) is 5.69 Å². The van der Waals surface area contributed by atoms with E-state index >= 15 is 0 Å². The van der Waals surface area contributed by atoms with Crippen molar-refractivity contribution in [3.05, 3.63) is 76.2 Å². The predicted molar refractivity (Wildman–Crippen MR) is 109 cm³/mol. The van der Waals surface area contributed by atoms with E-state index in [1.54, 1.807) is 6.08 Å². The maximum atomic E-state index is 12.2. The van der Waals surface area contributed by atoms with E-state index in [9.17, 15) is 4.79 Å². The Morgan fingerprint density at radius 3 is 2.92 bits per heavy atom. The third kappa shape index (κ3) is 4.36. The van der Waals surface area contributed by atoms with Crippen molar-refractivity contribution in [3.8, 4) is 5.75 Å². The third-order valence-corrected chi connectivity index (χ3v) is 4.96. The molecule has 1 saturated heterocycles. The van der Waals surface area contributed by atoms with Crippen molar-refractivity contribution in [2.24, 2.45) is 4.99 Å². The fourth-order valence-corrected chi connectivity index (χ4v) is 3.31. The first kappa shape index (κ1) is 18.3. The zero-order valence-corrected chi connectivity index (χ0v) is 15.7. The normalized spacial score (nSPS) is 16.8. The minimum atomic E-state index is -0.175. The van der Waals surface area contributed by atoms with E-state index in [1.165, 1.54) is 11.8 Å². The maximum Gasteiger partial charge on any atom is 0.264 e. The first-order valence-corrected chi connectivity index (χ1v) is 9.15. The van der Waals surface area contributed by atoms with E-state index in [0.717, 1.165) is 22.6 Å². The molecule has 0 radical (unpaired) electrons. The summed E-state index contributed by atoms with van der Waals surface area (Å²) in [5, 5.41) is 3.97. The lowest BCUT2D eigenvalue weighted by molar-refractivity contribution is -0.115. The Morgan fingerprint density at radius 2 is 2.12 bits per heavy atom. The quantitative estimate of drug-likeness (QED) is 0.576. The van der Waals surface area contributed by atoms with E-state index in [-0.39, 0.29) is 5.91 Å². The van der Waals surface area contributed by atoms with Crippen molar-refractivity contribution in [3.63, 3.8) is 0 Å². The minimum absolute atomic E-state index is 0.175. The van der Waals surface area contributed by atoms with Gasteiger partial charge in [-0.3, -0.25) is 4.79 Å². The number of rotatable bonds is 5. The SMILES string of the molecule is C=CCOc1cccc(C=C2SC(=Nc3cccc(Cl)c3C)NC2=O)c1. The van der Waals surface area contributed by atoms with Crippen LogP contribution in [-0.4, -0.2) is 17.7 Å². The van der Waals surface area contributed by atoms with Gasteiger partial charge in [0, 0.05) is 5.02 Å². The van der Waals surface area contributed by atoms with Crippen molar-refractivity contribution in [2.75, 3.05) is 6.61 Å². The molecular formula is C20H17ClN2O2S. The van der Waals surface area contributed by atoms with Crippen molar-refractivity contribution < 1.29 is 9.53 Å². The van der Waals surface area contributed by atoms with Crippen molar-refractivity contribution >= 4 is 46.2 Å². The molecule has 2 aromatic carbocycles. The van der Waals surface area contributed by atoms with Gasteiger partial charge in [0.05, 0.1) is 10.6 Å². The number of carbonyl (C=O) groups excluding carboxylic acids is 1. The van der Waals surface area contributed by atoms with Gasteiger partial charge in [-0.1, -0.05) is 42.5 Å². The van der Waals surface area contributed by atoms with Crippen LogP contribution in [0.25, 0.3) is 6.08 Å². The number of hydrogen-bond donors (Lipinski definition) is 1. The Morgan fingerprint density at radius 1 is 1.31 bits per heavy atom. The fraction of sp³-hybridized carbons (Fsp3) is 0.100. The molecule has 4 nitrogen and oxygen atoms in total. The number of carbonyl (C=O) groups is 1. The van der Waals surface area contributed by atoms with Crippen LogP contribution in [0.15, 0.2) is 65.0 Å². The summed E-state index contributed by atoms with van der Waals surface area (Å²) in [7, 11) is 0. The molecule has 1 N–H and O–H groups in total. The van der Waals surface area contributed by atoms with Crippen LogP contribution in [0.3, 0.4) is 0 Å². The number of thioether (sulfide) groups is 1. The lowest BCUT2D eigenvalue weighted by Gasteiger charge is -2.03. The van der Waals surface area contributed by atoms with Crippen molar-refractivity contribution in [1.82, 2.24) is 5.32 Å². The van der Waals surface area contributed by atoms with Crippen LogP contribution >= 0.6 is 23.4 Å². The minimum Gasteiger partial charge on any atom is -0.490 e. The first-order chi connectivity index (χ1) is 12.6. The molecule has 0 aromatic heterocycles. The number of ether oxygens (including phenoxy) is 1. The van der Waals surface area contributed by atoms with Gasteiger partial charge in [0.1, 0.15) is 12.4 Å². The summed E-state index contributed by atoms with van der Waals surface area (Å²) in [5.74, 6) is 0.553. The summed E-state index contributed by atoms with van der Waals surface area (Å²) < 4.78 is 5.52. The molecule has 6 heteroatoms. The highest BCUT2D eigenvalue weighted by atomic mass is 35.5. The number of halogens is 1. The number of nitrogens with zero attached hydrogens (tertiary/aromatic N) is 1. The molecule has 1 aliphatic rings. The van der Waals surface area contributed by atoms with Crippen molar-refractivity contribution in [2.45, 2.75) is 6.92 Å². The van der Waals surface area contributed by atoms with Crippen LogP contribution in [0.1, 0.15) is 11.1 Å². The van der Waals surface area contributed by atoms with E-state index in [1.807, 2.05) is 55.5 Å². The molecular weight excluding hydrogens is 368 g/mol. The lowest BCUT2D eigenvalue weighted by Crippen LogP contribution is -2.19. The molecule has 0 aliphatic carbocycles. The van der Waals surface area contributed by atoms with Gasteiger partial charge < -0.3 is 10.1 Å². The van der Waals surface area contributed by atoms with Gasteiger partial charge in [-0.05, 0) is 60.2 Å². The van der Waals surface area contributed by atoms with Gasteiger partial charge in [-0.15, -0.1) is 0 Å². The average molecular weight is 385 g/mol. The zero-order chi connectivity index (χ0) is 18.5. The molecule has 3 rings (SSSR count). The molecule has 132 valence electrons. The third-order valence-electron chi connectivity index (χ3n) is 3.64. The summed E-state index contributed by atoms with van der Waals surface area (Å²) in [6.45, 7) is 5.96. The highest BCUT2D eigenvalue weighted by Crippen LogP contribution is 2.31. The zero-order valence-electron chi connectivity index (χ0n) is 14.2. The summed E-state index contributed by atoms with van der Waals surface area (Å²) >= 11 is 7.42. The summed E-state index contributed by atoms with van der Waals surface area (Å²) in [6, 6.07) is 13.0. The van der Waals surface area contributed by atoms with Crippen LogP contribution < -0.4 is 10.1 Å². The van der Waals surface area contributed by atoms with E-state index in [2.05, 4.69) is 16.9 Å². The molecule has 0 atom stereocenters. The van der Waals surface area contributed by atoms with Gasteiger partial charge in [-0.2, -0.15) is 0 Å². The fourth-order valence-electron chi connectivity index (χ4n) is 2.31. The smallest absolute Gasteiger partial charge is 0.264 e. The number of aliphatic imine (C=N–C) groups is 1. The Labute approximate surface area is 161 Å². The molecule has 0 spiro atoms. The number of hydrogen-bond acceptors (Lipinski definition) is 4. The second kappa shape index (κ2) is 8.25. The standard InChI is InChI=1S/C20H17ClN2O2S/c1-3-10-25-15-7-4-6-14(11-15)12-18-19(24)23-20(26-18)22-17-9-5-8-16(21)13(17)2/h3-9,11-12H,1,10H2,2H3,(H,22,23,24). The number of nitrogens with one attached hydrogen (secondary N) is 1. The molecule has 26 heavy (non-hydrogen) atoms. The van der Waals surface area contributed by atoms with Crippen LogP contribution in [-0.2, 0) is 4.79 Å².